The maximum atomic E-state index is 12.3. The highest BCUT2D eigenvalue weighted by Gasteiger charge is 2.09. The van der Waals surface area contributed by atoms with Gasteiger partial charge in [-0.2, -0.15) is 0 Å². The zero-order chi connectivity index (χ0) is 16.2. The van der Waals surface area contributed by atoms with Gasteiger partial charge in [0.25, 0.3) is 5.56 Å². The molecule has 0 saturated carbocycles. The van der Waals surface area contributed by atoms with E-state index in [0.717, 1.165) is 16.5 Å². The summed E-state index contributed by atoms with van der Waals surface area (Å²) in [6.45, 7) is 2.39. The average Bonchev–Trinajstić information content (AvgIpc) is 2.57. The van der Waals surface area contributed by atoms with Crippen LogP contribution in [0.15, 0.2) is 70.6 Å². The average molecular weight is 306 g/mol. The van der Waals surface area contributed by atoms with E-state index in [1.54, 1.807) is 10.6 Å². The number of fused-ring (bicyclic) bond motifs is 1. The third-order valence-electron chi connectivity index (χ3n) is 3.79. The number of oxime groups is 1. The van der Waals surface area contributed by atoms with Crippen LogP contribution in [0.4, 0.5) is 0 Å². The number of benzene rings is 2. The Labute approximate surface area is 134 Å². The number of nitrogens with zero attached hydrogens (tertiary/aromatic N) is 2. The molecule has 0 bridgehead atoms. The van der Waals surface area contributed by atoms with Gasteiger partial charge in [0, 0.05) is 11.6 Å². The number of pyridine rings is 1. The largest absolute Gasteiger partial charge is 0.399 e. The molecule has 0 aliphatic heterocycles. The molecule has 0 aliphatic rings. The van der Waals surface area contributed by atoms with Crippen LogP contribution in [0, 0.1) is 6.92 Å². The molecule has 23 heavy (non-hydrogen) atoms. The highest BCUT2D eigenvalue weighted by molar-refractivity contribution is 6.00. The lowest BCUT2D eigenvalue weighted by atomic mass is 10.1. The summed E-state index contributed by atoms with van der Waals surface area (Å²) in [7, 11) is 1.51. The third-order valence-corrected chi connectivity index (χ3v) is 3.79. The van der Waals surface area contributed by atoms with Gasteiger partial charge in [0.1, 0.15) is 12.8 Å². The summed E-state index contributed by atoms with van der Waals surface area (Å²) < 4.78 is 1.72. The Balaban J connectivity index is 2.08. The van der Waals surface area contributed by atoms with Crippen molar-refractivity contribution in [2.24, 2.45) is 5.16 Å². The SMILES string of the molecule is CON=C(Cn1c(=O)ccc2ccccc21)c1ccc(C)cc1. The zero-order valence-corrected chi connectivity index (χ0v) is 13.2. The fourth-order valence-corrected chi connectivity index (χ4v) is 2.59. The molecule has 0 aliphatic carbocycles. The molecular formula is C19H18N2O2. The summed E-state index contributed by atoms with van der Waals surface area (Å²) >= 11 is 0. The molecule has 4 nitrogen and oxygen atoms in total. The van der Waals surface area contributed by atoms with Gasteiger partial charge in [-0.1, -0.05) is 53.2 Å². The summed E-state index contributed by atoms with van der Waals surface area (Å²) in [4.78, 5) is 17.3. The smallest absolute Gasteiger partial charge is 0.251 e. The predicted octanol–water partition coefficient (Wildman–Crippen LogP) is 3.36. The minimum absolute atomic E-state index is 0.0559. The van der Waals surface area contributed by atoms with Crippen molar-refractivity contribution in [3.05, 3.63) is 82.1 Å². The molecule has 3 rings (SSSR count). The molecular weight excluding hydrogens is 288 g/mol. The van der Waals surface area contributed by atoms with Gasteiger partial charge in [-0.05, 0) is 24.4 Å². The molecule has 0 radical (unpaired) electrons. The minimum atomic E-state index is -0.0559. The van der Waals surface area contributed by atoms with E-state index in [0.29, 0.717) is 12.3 Å². The molecule has 2 aromatic carbocycles. The second-order valence-electron chi connectivity index (χ2n) is 5.40. The highest BCUT2D eigenvalue weighted by Crippen LogP contribution is 2.13. The topological polar surface area (TPSA) is 43.6 Å². The van der Waals surface area contributed by atoms with Crippen LogP contribution >= 0.6 is 0 Å². The zero-order valence-electron chi connectivity index (χ0n) is 13.2. The summed E-state index contributed by atoms with van der Waals surface area (Å²) in [6, 6.07) is 19.3. The lowest BCUT2D eigenvalue weighted by Crippen LogP contribution is -2.24. The van der Waals surface area contributed by atoms with Crippen LogP contribution in [0.2, 0.25) is 0 Å². The van der Waals surface area contributed by atoms with Crippen molar-refractivity contribution in [1.29, 1.82) is 0 Å². The quantitative estimate of drug-likeness (QED) is 0.548. The molecule has 3 aromatic rings. The minimum Gasteiger partial charge on any atom is -0.399 e. The molecule has 1 heterocycles. The Kier molecular flexibility index (Phi) is 4.24. The van der Waals surface area contributed by atoms with Gasteiger partial charge in [-0.25, -0.2) is 0 Å². The number of hydrogen-bond acceptors (Lipinski definition) is 3. The van der Waals surface area contributed by atoms with Crippen LogP contribution in [0.25, 0.3) is 10.9 Å². The van der Waals surface area contributed by atoms with Gasteiger partial charge in [0.15, 0.2) is 0 Å². The monoisotopic (exact) mass is 306 g/mol. The summed E-state index contributed by atoms with van der Waals surface area (Å²) in [6.07, 6.45) is 0. The van der Waals surface area contributed by atoms with Crippen molar-refractivity contribution in [2.75, 3.05) is 7.11 Å². The molecule has 0 atom stereocenters. The van der Waals surface area contributed by atoms with E-state index in [1.807, 2.05) is 61.5 Å². The molecule has 0 saturated heterocycles. The van der Waals surface area contributed by atoms with Crippen LogP contribution in [0.1, 0.15) is 11.1 Å². The van der Waals surface area contributed by atoms with E-state index in [-0.39, 0.29) is 5.56 Å². The lowest BCUT2D eigenvalue weighted by molar-refractivity contribution is 0.212. The molecule has 0 amide bonds. The number of aromatic nitrogens is 1. The first-order valence-corrected chi connectivity index (χ1v) is 7.44. The first-order valence-electron chi connectivity index (χ1n) is 7.44. The van der Waals surface area contributed by atoms with E-state index in [1.165, 1.54) is 12.7 Å². The van der Waals surface area contributed by atoms with Gasteiger partial charge in [-0.3, -0.25) is 4.79 Å². The molecule has 4 heteroatoms. The summed E-state index contributed by atoms with van der Waals surface area (Å²) in [5.41, 5.74) is 3.66. The van der Waals surface area contributed by atoms with E-state index in [4.69, 9.17) is 4.84 Å². The number of hydrogen-bond donors (Lipinski definition) is 0. The van der Waals surface area contributed by atoms with E-state index >= 15 is 0 Å². The van der Waals surface area contributed by atoms with Crippen LogP contribution in [-0.2, 0) is 11.4 Å². The normalized spacial score (nSPS) is 11.7. The number of rotatable bonds is 4. The Morgan fingerprint density at radius 3 is 2.52 bits per heavy atom. The second kappa shape index (κ2) is 6.48. The number of para-hydroxylation sites is 1. The molecule has 0 fully saturated rings. The maximum absolute atomic E-state index is 12.3. The predicted molar refractivity (Wildman–Crippen MR) is 92.9 cm³/mol. The Morgan fingerprint density at radius 2 is 1.78 bits per heavy atom. The molecule has 0 N–H and O–H groups in total. The van der Waals surface area contributed by atoms with Crippen LogP contribution in [0.3, 0.4) is 0 Å². The number of aryl methyl sites for hydroxylation is 1. The Bertz CT molecular complexity index is 909. The third kappa shape index (κ3) is 3.16. The first-order chi connectivity index (χ1) is 11.2. The second-order valence-corrected chi connectivity index (χ2v) is 5.40. The van der Waals surface area contributed by atoms with Gasteiger partial charge in [0.2, 0.25) is 0 Å². The maximum Gasteiger partial charge on any atom is 0.251 e. The van der Waals surface area contributed by atoms with Crippen molar-refractivity contribution in [3.63, 3.8) is 0 Å². The molecule has 1 aromatic heterocycles. The highest BCUT2D eigenvalue weighted by atomic mass is 16.6. The van der Waals surface area contributed by atoms with Gasteiger partial charge in [-0.15, -0.1) is 0 Å². The molecule has 116 valence electrons. The van der Waals surface area contributed by atoms with Crippen molar-refractivity contribution in [3.8, 4) is 0 Å². The first kappa shape index (κ1) is 15.0. The fraction of sp³-hybridized carbons (Fsp3) is 0.158. The van der Waals surface area contributed by atoms with E-state index in [9.17, 15) is 4.79 Å². The fourth-order valence-electron chi connectivity index (χ4n) is 2.59. The standard InChI is InChI=1S/C19H18N2O2/c1-14-7-9-15(10-8-14)17(20-23-2)13-21-18-6-4-3-5-16(18)11-12-19(21)22/h3-12H,13H2,1-2H3. The van der Waals surface area contributed by atoms with Crippen LogP contribution < -0.4 is 5.56 Å². The van der Waals surface area contributed by atoms with Crippen LogP contribution in [0.5, 0.6) is 0 Å². The van der Waals surface area contributed by atoms with Gasteiger partial charge >= 0.3 is 0 Å². The van der Waals surface area contributed by atoms with Crippen molar-refractivity contribution >= 4 is 16.6 Å². The summed E-state index contributed by atoms with van der Waals surface area (Å²) in [5, 5.41) is 5.15. The summed E-state index contributed by atoms with van der Waals surface area (Å²) in [5.74, 6) is 0. The molecule has 0 spiro atoms. The lowest BCUT2D eigenvalue weighted by Gasteiger charge is -2.12. The van der Waals surface area contributed by atoms with Crippen molar-refractivity contribution < 1.29 is 4.84 Å². The molecule has 0 unspecified atom stereocenters. The van der Waals surface area contributed by atoms with E-state index in [2.05, 4.69) is 5.16 Å². The van der Waals surface area contributed by atoms with Crippen LogP contribution in [-0.4, -0.2) is 17.4 Å². The Morgan fingerprint density at radius 1 is 1.04 bits per heavy atom. The Hall–Kier alpha value is -2.88. The van der Waals surface area contributed by atoms with Crippen molar-refractivity contribution in [1.82, 2.24) is 4.57 Å². The van der Waals surface area contributed by atoms with Gasteiger partial charge < -0.3 is 9.40 Å². The van der Waals surface area contributed by atoms with E-state index < -0.39 is 0 Å². The van der Waals surface area contributed by atoms with Gasteiger partial charge in [0.05, 0.1) is 12.1 Å². The van der Waals surface area contributed by atoms with Crippen molar-refractivity contribution in [2.45, 2.75) is 13.5 Å².